The highest BCUT2D eigenvalue weighted by Gasteiger charge is 2.25. The smallest absolute Gasteiger partial charge is 0.327 e. The minimum absolute atomic E-state index is 0.145. The second kappa shape index (κ2) is 7.17. The van der Waals surface area contributed by atoms with Crippen molar-refractivity contribution >= 4 is 23.4 Å². The first-order chi connectivity index (χ1) is 11.7. The number of aryl methyl sites for hydroxylation is 2. The van der Waals surface area contributed by atoms with Crippen LogP contribution in [0.1, 0.15) is 18.1 Å². The van der Waals surface area contributed by atoms with Crippen LogP contribution in [0, 0.1) is 0 Å². The molecule has 0 saturated heterocycles. The van der Waals surface area contributed by atoms with E-state index < -0.39 is 5.97 Å². The van der Waals surface area contributed by atoms with Crippen molar-refractivity contribution in [3.05, 3.63) is 59.7 Å². The van der Waals surface area contributed by atoms with Crippen molar-refractivity contribution in [1.29, 1.82) is 0 Å². The second-order valence-electron chi connectivity index (χ2n) is 5.56. The number of hydrogen-bond acceptors (Lipinski definition) is 3. The molecule has 0 radical (unpaired) electrons. The molecule has 3 rings (SSSR count). The van der Waals surface area contributed by atoms with Gasteiger partial charge in [-0.05, 0) is 43.0 Å². The molecule has 0 bridgehead atoms. The van der Waals surface area contributed by atoms with Crippen LogP contribution in [-0.2, 0) is 22.4 Å². The van der Waals surface area contributed by atoms with Gasteiger partial charge in [-0.25, -0.2) is 4.79 Å². The van der Waals surface area contributed by atoms with E-state index in [1.165, 1.54) is 0 Å². The van der Waals surface area contributed by atoms with E-state index in [1.807, 2.05) is 48.5 Å². The van der Waals surface area contributed by atoms with Crippen LogP contribution in [0.25, 0.3) is 0 Å². The van der Waals surface area contributed by atoms with Gasteiger partial charge in [0.2, 0.25) is 0 Å². The number of benzene rings is 2. The Morgan fingerprint density at radius 2 is 1.54 bits per heavy atom. The number of esters is 1. The van der Waals surface area contributed by atoms with Gasteiger partial charge in [0, 0.05) is 0 Å². The molecule has 2 aromatic rings. The molecule has 0 saturated carbocycles. The lowest BCUT2D eigenvalue weighted by atomic mass is 10.0. The SMILES string of the molecule is CCOC(=O)CNC(=O)N1c2ccccc2CCc2ccccc21. The van der Waals surface area contributed by atoms with E-state index in [0.29, 0.717) is 6.61 Å². The fraction of sp³-hybridized carbons (Fsp3) is 0.263. The molecule has 1 N–H and O–H groups in total. The summed E-state index contributed by atoms with van der Waals surface area (Å²) in [6, 6.07) is 15.4. The third-order valence-electron chi connectivity index (χ3n) is 4.02. The van der Waals surface area contributed by atoms with Crippen molar-refractivity contribution in [3.8, 4) is 0 Å². The van der Waals surface area contributed by atoms with Crippen molar-refractivity contribution in [2.45, 2.75) is 19.8 Å². The van der Waals surface area contributed by atoms with Crippen molar-refractivity contribution < 1.29 is 14.3 Å². The molecular formula is C19H20N2O3. The Labute approximate surface area is 141 Å². The number of fused-ring (bicyclic) bond motifs is 2. The standard InChI is InChI=1S/C19H20N2O3/c1-2-24-18(22)13-20-19(23)21-16-9-5-3-7-14(16)11-12-15-8-4-6-10-17(15)21/h3-10H,2,11-13H2,1H3,(H,20,23). The van der Waals surface area contributed by atoms with Gasteiger partial charge in [-0.3, -0.25) is 9.69 Å². The molecule has 0 unspecified atom stereocenters. The van der Waals surface area contributed by atoms with Crippen LogP contribution < -0.4 is 10.2 Å². The molecule has 1 aliphatic rings. The molecule has 1 aliphatic heterocycles. The molecule has 0 atom stereocenters. The maximum Gasteiger partial charge on any atom is 0.327 e. The van der Waals surface area contributed by atoms with Crippen LogP contribution in [0.15, 0.2) is 48.5 Å². The van der Waals surface area contributed by atoms with Gasteiger partial charge in [-0.15, -0.1) is 0 Å². The van der Waals surface area contributed by atoms with Gasteiger partial charge in [0.25, 0.3) is 0 Å². The lowest BCUT2D eigenvalue weighted by molar-refractivity contribution is -0.141. The molecule has 5 heteroatoms. The van der Waals surface area contributed by atoms with Crippen LogP contribution in [0.4, 0.5) is 16.2 Å². The lowest BCUT2D eigenvalue weighted by Gasteiger charge is -2.25. The maximum absolute atomic E-state index is 12.8. The summed E-state index contributed by atoms with van der Waals surface area (Å²) in [5, 5.41) is 2.66. The first-order valence-corrected chi connectivity index (χ1v) is 8.10. The van der Waals surface area contributed by atoms with Gasteiger partial charge < -0.3 is 10.1 Å². The van der Waals surface area contributed by atoms with Crippen LogP contribution in [0.5, 0.6) is 0 Å². The molecule has 2 aromatic carbocycles. The van der Waals surface area contributed by atoms with Crippen molar-refractivity contribution in [3.63, 3.8) is 0 Å². The summed E-state index contributed by atoms with van der Waals surface area (Å²) in [7, 11) is 0. The summed E-state index contributed by atoms with van der Waals surface area (Å²) < 4.78 is 4.87. The molecule has 0 fully saturated rings. The molecule has 2 amide bonds. The van der Waals surface area contributed by atoms with E-state index in [9.17, 15) is 9.59 Å². The van der Waals surface area contributed by atoms with Crippen molar-refractivity contribution in [2.24, 2.45) is 0 Å². The zero-order chi connectivity index (χ0) is 16.9. The Balaban J connectivity index is 1.93. The highest BCUT2D eigenvalue weighted by molar-refractivity contribution is 6.02. The van der Waals surface area contributed by atoms with E-state index in [0.717, 1.165) is 35.3 Å². The third-order valence-corrected chi connectivity index (χ3v) is 4.02. The van der Waals surface area contributed by atoms with Gasteiger partial charge in [0.15, 0.2) is 0 Å². The molecule has 0 spiro atoms. The first kappa shape index (κ1) is 16.1. The highest BCUT2D eigenvalue weighted by atomic mass is 16.5. The molecule has 1 heterocycles. The molecule has 0 aromatic heterocycles. The van der Waals surface area contributed by atoms with E-state index in [-0.39, 0.29) is 12.6 Å². The van der Waals surface area contributed by atoms with E-state index in [1.54, 1.807) is 11.8 Å². The zero-order valence-electron chi connectivity index (χ0n) is 13.6. The minimum atomic E-state index is -0.442. The minimum Gasteiger partial charge on any atom is -0.465 e. The van der Waals surface area contributed by atoms with Crippen LogP contribution in [0.2, 0.25) is 0 Å². The molecular weight excluding hydrogens is 304 g/mol. The average Bonchev–Trinajstić information content (AvgIpc) is 2.77. The van der Waals surface area contributed by atoms with Gasteiger partial charge in [-0.2, -0.15) is 0 Å². The number of nitrogens with one attached hydrogen (secondary N) is 1. The summed E-state index contributed by atoms with van der Waals surface area (Å²) in [6.45, 7) is 1.89. The van der Waals surface area contributed by atoms with Gasteiger partial charge in [0.05, 0.1) is 18.0 Å². The van der Waals surface area contributed by atoms with Gasteiger partial charge in [0.1, 0.15) is 6.54 Å². The monoisotopic (exact) mass is 324 g/mol. The Kier molecular flexibility index (Phi) is 4.79. The highest BCUT2D eigenvalue weighted by Crippen LogP contribution is 2.35. The van der Waals surface area contributed by atoms with Crippen molar-refractivity contribution in [1.82, 2.24) is 5.32 Å². The third kappa shape index (κ3) is 3.25. The van der Waals surface area contributed by atoms with Crippen LogP contribution in [-0.4, -0.2) is 25.2 Å². The summed E-state index contributed by atoms with van der Waals surface area (Å²) in [4.78, 5) is 26.0. The van der Waals surface area contributed by atoms with E-state index in [2.05, 4.69) is 5.32 Å². The van der Waals surface area contributed by atoms with Gasteiger partial charge in [-0.1, -0.05) is 36.4 Å². The molecule has 0 aliphatic carbocycles. The Morgan fingerprint density at radius 1 is 1.00 bits per heavy atom. The number of amides is 2. The predicted molar refractivity (Wildman–Crippen MR) is 92.5 cm³/mol. The number of carbonyl (C=O) groups is 2. The number of carbonyl (C=O) groups excluding carboxylic acids is 2. The zero-order valence-corrected chi connectivity index (χ0v) is 13.6. The van der Waals surface area contributed by atoms with E-state index >= 15 is 0 Å². The summed E-state index contributed by atoms with van der Waals surface area (Å²) in [5.41, 5.74) is 3.92. The Hall–Kier alpha value is -2.82. The van der Waals surface area contributed by atoms with Gasteiger partial charge >= 0.3 is 12.0 Å². The molecule has 124 valence electrons. The quantitative estimate of drug-likeness (QED) is 0.882. The molecule has 5 nitrogen and oxygen atoms in total. The number of para-hydroxylation sites is 2. The second-order valence-corrected chi connectivity index (χ2v) is 5.56. The topological polar surface area (TPSA) is 58.6 Å². The number of nitrogens with zero attached hydrogens (tertiary/aromatic N) is 1. The summed E-state index contributed by atoms with van der Waals surface area (Å²) in [6.07, 6.45) is 1.74. The van der Waals surface area contributed by atoms with E-state index in [4.69, 9.17) is 4.74 Å². The first-order valence-electron chi connectivity index (χ1n) is 8.10. The largest absolute Gasteiger partial charge is 0.465 e. The summed E-state index contributed by atoms with van der Waals surface area (Å²) >= 11 is 0. The normalized spacial score (nSPS) is 12.6. The number of anilines is 2. The lowest BCUT2D eigenvalue weighted by Crippen LogP contribution is -2.40. The van der Waals surface area contributed by atoms with Crippen LogP contribution >= 0.6 is 0 Å². The average molecular weight is 324 g/mol. The maximum atomic E-state index is 12.8. The number of ether oxygens (including phenoxy) is 1. The number of urea groups is 1. The Bertz CT molecular complexity index is 710. The molecule has 24 heavy (non-hydrogen) atoms. The summed E-state index contributed by atoms with van der Waals surface area (Å²) in [5.74, 6) is -0.442. The number of hydrogen-bond donors (Lipinski definition) is 1. The predicted octanol–water partition coefficient (Wildman–Crippen LogP) is 3.20. The Morgan fingerprint density at radius 3 is 2.08 bits per heavy atom. The number of rotatable bonds is 3. The van der Waals surface area contributed by atoms with Crippen LogP contribution in [0.3, 0.4) is 0 Å². The van der Waals surface area contributed by atoms with Crippen molar-refractivity contribution in [2.75, 3.05) is 18.1 Å². The fourth-order valence-electron chi connectivity index (χ4n) is 2.94. The fourth-order valence-corrected chi connectivity index (χ4v) is 2.94.